The molecular formula is C15H27NO3. The van der Waals surface area contributed by atoms with Crippen molar-refractivity contribution in [1.82, 2.24) is 4.90 Å². The van der Waals surface area contributed by atoms with Gasteiger partial charge in [-0.15, -0.1) is 0 Å². The lowest BCUT2D eigenvalue weighted by Crippen LogP contribution is -2.39. The van der Waals surface area contributed by atoms with Gasteiger partial charge in [-0.25, -0.2) is 0 Å². The largest absolute Gasteiger partial charge is 0.481 e. The third-order valence-electron chi connectivity index (χ3n) is 4.35. The molecule has 1 aliphatic carbocycles. The lowest BCUT2D eigenvalue weighted by atomic mass is 9.76. The van der Waals surface area contributed by atoms with Crippen molar-refractivity contribution in [3.8, 4) is 0 Å². The van der Waals surface area contributed by atoms with Crippen molar-refractivity contribution < 1.29 is 14.7 Å². The average Bonchev–Trinajstić information content (AvgIpc) is 2.39. The van der Waals surface area contributed by atoms with Crippen molar-refractivity contribution >= 4 is 11.9 Å². The molecule has 0 spiro atoms. The van der Waals surface area contributed by atoms with Gasteiger partial charge in [-0.05, 0) is 44.4 Å². The Kier molecular flexibility index (Phi) is 6.32. The molecular weight excluding hydrogens is 242 g/mol. The van der Waals surface area contributed by atoms with Crippen molar-refractivity contribution in [2.75, 3.05) is 13.1 Å². The lowest BCUT2D eigenvalue weighted by molar-refractivity contribution is -0.140. The van der Waals surface area contributed by atoms with E-state index >= 15 is 0 Å². The molecule has 0 aromatic heterocycles. The van der Waals surface area contributed by atoms with Crippen LogP contribution in [0.3, 0.4) is 0 Å². The second-order valence-electron chi connectivity index (χ2n) is 5.92. The molecule has 1 aliphatic rings. The number of rotatable bonds is 6. The number of hydrogen-bond donors (Lipinski definition) is 1. The van der Waals surface area contributed by atoms with Crippen molar-refractivity contribution in [3.05, 3.63) is 0 Å². The van der Waals surface area contributed by atoms with E-state index in [1.807, 2.05) is 6.92 Å². The Labute approximate surface area is 116 Å². The highest BCUT2D eigenvalue weighted by Crippen LogP contribution is 2.34. The van der Waals surface area contributed by atoms with E-state index in [2.05, 4.69) is 13.8 Å². The van der Waals surface area contributed by atoms with Crippen LogP contribution in [0.2, 0.25) is 0 Å². The molecule has 1 N–H and O–H groups in total. The monoisotopic (exact) mass is 269 g/mol. The number of nitrogens with zero attached hydrogens (tertiary/aromatic N) is 1. The predicted molar refractivity (Wildman–Crippen MR) is 74.8 cm³/mol. The Morgan fingerprint density at radius 3 is 2.21 bits per heavy atom. The highest BCUT2D eigenvalue weighted by Gasteiger charge is 2.29. The highest BCUT2D eigenvalue weighted by atomic mass is 16.4. The van der Waals surface area contributed by atoms with E-state index in [1.54, 1.807) is 4.90 Å². The van der Waals surface area contributed by atoms with Crippen LogP contribution in [0.4, 0.5) is 0 Å². The summed E-state index contributed by atoms with van der Waals surface area (Å²) in [5.74, 6) is 0.882. The van der Waals surface area contributed by atoms with Crippen LogP contribution in [0.15, 0.2) is 0 Å². The number of hydrogen-bond acceptors (Lipinski definition) is 2. The number of carboxylic acid groups (broad SMARTS) is 1. The summed E-state index contributed by atoms with van der Waals surface area (Å²) < 4.78 is 0. The average molecular weight is 269 g/mol. The van der Waals surface area contributed by atoms with Gasteiger partial charge in [-0.2, -0.15) is 0 Å². The third kappa shape index (κ3) is 4.84. The van der Waals surface area contributed by atoms with E-state index in [0.717, 1.165) is 31.6 Å². The maximum atomic E-state index is 12.4. The van der Waals surface area contributed by atoms with Gasteiger partial charge < -0.3 is 10.0 Å². The molecule has 0 aromatic rings. The van der Waals surface area contributed by atoms with Crippen LogP contribution in [-0.4, -0.2) is 35.0 Å². The van der Waals surface area contributed by atoms with Gasteiger partial charge in [-0.1, -0.05) is 13.8 Å². The van der Waals surface area contributed by atoms with Crippen molar-refractivity contribution in [2.24, 2.45) is 17.8 Å². The molecule has 0 aliphatic heterocycles. The maximum Gasteiger partial charge on any atom is 0.305 e. The summed E-state index contributed by atoms with van der Waals surface area (Å²) in [6.07, 6.45) is 4.23. The third-order valence-corrected chi connectivity index (χ3v) is 4.35. The Morgan fingerprint density at radius 2 is 1.79 bits per heavy atom. The van der Waals surface area contributed by atoms with Gasteiger partial charge in [0, 0.05) is 19.0 Å². The summed E-state index contributed by atoms with van der Waals surface area (Å²) in [6.45, 7) is 7.36. The summed E-state index contributed by atoms with van der Waals surface area (Å²) in [5.41, 5.74) is 0. The van der Waals surface area contributed by atoms with E-state index in [4.69, 9.17) is 5.11 Å². The molecule has 0 radical (unpaired) electrons. The van der Waals surface area contributed by atoms with Crippen LogP contribution in [-0.2, 0) is 9.59 Å². The quantitative estimate of drug-likeness (QED) is 0.806. The molecule has 110 valence electrons. The second-order valence-corrected chi connectivity index (χ2v) is 5.92. The fourth-order valence-electron chi connectivity index (χ4n) is 2.95. The van der Waals surface area contributed by atoms with Crippen molar-refractivity contribution in [3.63, 3.8) is 0 Å². The van der Waals surface area contributed by atoms with Gasteiger partial charge >= 0.3 is 5.97 Å². The van der Waals surface area contributed by atoms with E-state index in [1.165, 1.54) is 0 Å². The van der Waals surface area contributed by atoms with Gasteiger partial charge in [0.2, 0.25) is 5.91 Å². The van der Waals surface area contributed by atoms with Crippen LogP contribution < -0.4 is 0 Å². The molecule has 0 saturated heterocycles. The standard InChI is InChI=1S/C15H27NO3/c1-4-16(10-9-14(17)18)15(19)13-7-5-12(6-8-13)11(2)3/h11-13H,4-10H2,1-3H3,(H,17,18). The zero-order valence-electron chi connectivity index (χ0n) is 12.4. The molecule has 0 atom stereocenters. The van der Waals surface area contributed by atoms with Gasteiger partial charge in [0.25, 0.3) is 0 Å². The minimum Gasteiger partial charge on any atom is -0.481 e. The van der Waals surface area contributed by atoms with Gasteiger partial charge in [0.1, 0.15) is 0 Å². The van der Waals surface area contributed by atoms with Crippen LogP contribution in [0.25, 0.3) is 0 Å². The molecule has 1 amide bonds. The van der Waals surface area contributed by atoms with Crippen LogP contribution in [0, 0.1) is 17.8 Å². The molecule has 0 heterocycles. The topological polar surface area (TPSA) is 57.6 Å². The fourth-order valence-corrected chi connectivity index (χ4v) is 2.95. The fraction of sp³-hybridized carbons (Fsp3) is 0.867. The number of aliphatic carboxylic acids is 1. The molecule has 1 saturated carbocycles. The minimum atomic E-state index is -0.838. The van der Waals surface area contributed by atoms with Crippen LogP contribution in [0.1, 0.15) is 52.9 Å². The van der Waals surface area contributed by atoms with Crippen molar-refractivity contribution in [2.45, 2.75) is 52.9 Å². The van der Waals surface area contributed by atoms with Gasteiger partial charge in [0.05, 0.1) is 6.42 Å². The molecule has 1 rings (SSSR count). The van der Waals surface area contributed by atoms with E-state index in [-0.39, 0.29) is 18.2 Å². The molecule has 0 unspecified atom stereocenters. The molecule has 1 fully saturated rings. The summed E-state index contributed by atoms with van der Waals surface area (Å²) in [4.78, 5) is 24.7. The lowest BCUT2D eigenvalue weighted by Gasteiger charge is -2.33. The second kappa shape index (κ2) is 7.51. The Hall–Kier alpha value is -1.06. The zero-order chi connectivity index (χ0) is 14.4. The number of carboxylic acids is 1. The first-order chi connectivity index (χ1) is 8.95. The van der Waals surface area contributed by atoms with Crippen LogP contribution in [0.5, 0.6) is 0 Å². The summed E-state index contributed by atoms with van der Waals surface area (Å²) >= 11 is 0. The van der Waals surface area contributed by atoms with E-state index in [9.17, 15) is 9.59 Å². The van der Waals surface area contributed by atoms with E-state index < -0.39 is 5.97 Å². The Bertz CT molecular complexity index is 307. The predicted octanol–water partition coefficient (Wildman–Crippen LogP) is 2.77. The molecule has 4 nitrogen and oxygen atoms in total. The number of carbonyl (C=O) groups is 2. The summed E-state index contributed by atoms with van der Waals surface area (Å²) in [6, 6.07) is 0. The molecule has 4 heteroatoms. The van der Waals surface area contributed by atoms with E-state index in [0.29, 0.717) is 19.0 Å². The van der Waals surface area contributed by atoms with Crippen molar-refractivity contribution in [1.29, 1.82) is 0 Å². The number of amides is 1. The Morgan fingerprint density at radius 1 is 1.21 bits per heavy atom. The Balaban J connectivity index is 2.46. The first kappa shape index (κ1) is 16.0. The first-order valence-electron chi connectivity index (χ1n) is 7.46. The zero-order valence-corrected chi connectivity index (χ0v) is 12.4. The number of carbonyl (C=O) groups excluding carboxylic acids is 1. The normalized spacial score (nSPS) is 23.4. The minimum absolute atomic E-state index is 0.0426. The summed E-state index contributed by atoms with van der Waals surface area (Å²) in [7, 11) is 0. The highest BCUT2D eigenvalue weighted by molar-refractivity contribution is 5.79. The first-order valence-corrected chi connectivity index (χ1v) is 7.46. The van der Waals surface area contributed by atoms with Gasteiger partial charge in [0.15, 0.2) is 0 Å². The molecule has 0 bridgehead atoms. The maximum absolute atomic E-state index is 12.4. The van der Waals surface area contributed by atoms with Crippen LogP contribution >= 0.6 is 0 Å². The SMILES string of the molecule is CCN(CCC(=O)O)C(=O)C1CCC(C(C)C)CC1. The molecule has 19 heavy (non-hydrogen) atoms. The summed E-state index contributed by atoms with van der Waals surface area (Å²) in [5, 5.41) is 8.71. The smallest absolute Gasteiger partial charge is 0.305 e. The molecule has 0 aromatic carbocycles. The van der Waals surface area contributed by atoms with Gasteiger partial charge in [-0.3, -0.25) is 9.59 Å².